The molecule has 6 nitrogen and oxygen atoms in total. The summed E-state index contributed by atoms with van der Waals surface area (Å²) < 4.78 is 16.5. The Balaban J connectivity index is 4.51. The van der Waals surface area contributed by atoms with Crippen LogP contribution in [0.3, 0.4) is 0 Å². The molecule has 0 radical (unpaired) electrons. The molecule has 2 amide bonds. The van der Waals surface area contributed by atoms with E-state index in [-0.39, 0.29) is 11.8 Å². The van der Waals surface area contributed by atoms with E-state index in [1.807, 2.05) is 0 Å². The first-order chi connectivity index (χ1) is 18.0. The zero-order valence-electron chi connectivity index (χ0n) is 25.3. The second-order valence-corrected chi connectivity index (χ2v) is 13.6. The first kappa shape index (κ1) is 36.2. The number of hydrogen-bond acceptors (Lipinski definition) is 5. The lowest BCUT2D eigenvalue weighted by atomic mass is 10.1. The largest absolute Gasteiger partial charge is 0.500 e. The van der Waals surface area contributed by atoms with E-state index in [2.05, 4.69) is 13.8 Å². The molecule has 0 aliphatic carbocycles. The van der Waals surface area contributed by atoms with E-state index < -0.39 is 8.80 Å². The van der Waals surface area contributed by atoms with Gasteiger partial charge < -0.3 is 13.3 Å². The van der Waals surface area contributed by atoms with Crippen molar-refractivity contribution in [1.82, 2.24) is 4.90 Å². The van der Waals surface area contributed by atoms with Gasteiger partial charge in [-0.15, -0.1) is 0 Å². The highest BCUT2D eigenvalue weighted by Gasteiger charge is 2.37. The van der Waals surface area contributed by atoms with E-state index >= 15 is 0 Å². The third kappa shape index (κ3) is 19.0. The third-order valence-electron chi connectivity index (χ3n) is 7.39. The summed E-state index contributed by atoms with van der Waals surface area (Å²) in [5.41, 5.74) is 0. The van der Waals surface area contributed by atoms with Crippen molar-refractivity contribution in [1.29, 1.82) is 0 Å². The smallest absolute Gasteiger partial charge is 0.377 e. The van der Waals surface area contributed by atoms with E-state index in [4.69, 9.17) is 13.3 Å². The van der Waals surface area contributed by atoms with Crippen LogP contribution in [0, 0.1) is 0 Å². The summed E-state index contributed by atoms with van der Waals surface area (Å²) in [5.74, 6) is -0.0493. The number of amides is 2. The predicted molar refractivity (Wildman–Crippen MR) is 157 cm³/mol. The van der Waals surface area contributed by atoms with Gasteiger partial charge in [-0.1, -0.05) is 117 Å². The van der Waals surface area contributed by atoms with Gasteiger partial charge in [-0.3, -0.25) is 14.5 Å². The summed E-state index contributed by atoms with van der Waals surface area (Å²) in [6.07, 6.45) is 23.4. The Morgan fingerprint density at radius 1 is 0.514 bits per heavy atom. The van der Waals surface area contributed by atoms with E-state index in [0.717, 1.165) is 25.7 Å². The number of carbonyl (C=O) groups excluding carboxylic acids is 2. The number of hydrogen-bond donors (Lipinski definition) is 0. The van der Waals surface area contributed by atoms with Gasteiger partial charge in [0.2, 0.25) is 11.8 Å². The Bertz CT molecular complexity index is 500. The molecule has 0 aromatic rings. The van der Waals surface area contributed by atoms with Crippen LogP contribution < -0.4 is 0 Å². The molecule has 0 spiro atoms. The molecular formula is C30H61NO5Si. The third-order valence-corrected chi connectivity index (χ3v) is 10.2. The first-order valence-corrected chi connectivity index (χ1v) is 17.4. The average molecular weight is 544 g/mol. The van der Waals surface area contributed by atoms with Gasteiger partial charge in [-0.05, 0) is 19.3 Å². The van der Waals surface area contributed by atoms with Crippen molar-refractivity contribution < 1.29 is 22.9 Å². The van der Waals surface area contributed by atoms with Crippen molar-refractivity contribution in [3.8, 4) is 0 Å². The lowest BCUT2D eigenvalue weighted by Gasteiger charge is -2.26. The number of unbranched alkanes of at least 4 members (excludes halogenated alkanes) is 16. The molecule has 0 unspecified atom stereocenters. The quantitative estimate of drug-likeness (QED) is 0.0768. The molecule has 0 aromatic carbocycles. The number of carbonyl (C=O) groups is 2. The standard InChI is InChI=1S/C30H61NO5Si/c1-6-8-10-12-14-16-18-20-22-25-29(32)31(27-24-28-37(34-3,35-4)36-5)30(33)26-23-21-19-17-15-13-11-9-7-2/h6-28H2,1-5H3. The van der Waals surface area contributed by atoms with Crippen LogP contribution in [-0.2, 0) is 22.9 Å². The van der Waals surface area contributed by atoms with E-state index in [1.54, 1.807) is 21.3 Å². The van der Waals surface area contributed by atoms with Crippen molar-refractivity contribution in [3.63, 3.8) is 0 Å². The molecule has 0 N–H and O–H groups in total. The minimum atomic E-state index is -2.71. The molecule has 0 atom stereocenters. The number of rotatable bonds is 27. The molecule has 220 valence electrons. The van der Waals surface area contributed by atoms with E-state index in [1.165, 1.54) is 94.8 Å². The summed E-state index contributed by atoms with van der Waals surface area (Å²) in [6, 6.07) is 0.587. The zero-order chi connectivity index (χ0) is 27.6. The minimum Gasteiger partial charge on any atom is -0.377 e. The second-order valence-electron chi connectivity index (χ2n) is 10.5. The molecule has 0 aromatic heterocycles. The number of imide groups is 1. The van der Waals surface area contributed by atoms with Gasteiger partial charge in [0.25, 0.3) is 0 Å². The average Bonchev–Trinajstić information content (AvgIpc) is 2.91. The van der Waals surface area contributed by atoms with Crippen LogP contribution in [0.2, 0.25) is 6.04 Å². The fourth-order valence-electron chi connectivity index (χ4n) is 4.84. The first-order valence-electron chi connectivity index (χ1n) is 15.5. The molecular weight excluding hydrogens is 482 g/mol. The Labute approximate surface area is 230 Å². The lowest BCUT2D eigenvalue weighted by Crippen LogP contribution is -2.44. The van der Waals surface area contributed by atoms with E-state index in [9.17, 15) is 9.59 Å². The van der Waals surface area contributed by atoms with Gasteiger partial charge in [0.05, 0.1) is 0 Å². The van der Waals surface area contributed by atoms with Crippen LogP contribution >= 0.6 is 0 Å². The van der Waals surface area contributed by atoms with Gasteiger partial charge in [0, 0.05) is 46.8 Å². The van der Waals surface area contributed by atoms with Crippen LogP contribution in [0.5, 0.6) is 0 Å². The molecule has 37 heavy (non-hydrogen) atoms. The molecule has 0 saturated heterocycles. The highest BCUT2D eigenvalue weighted by molar-refractivity contribution is 6.60. The van der Waals surface area contributed by atoms with Crippen LogP contribution in [0.25, 0.3) is 0 Å². The van der Waals surface area contributed by atoms with Crippen molar-refractivity contribution in [3.05, 3.63) is 0 Å². The maximum absolute atomic E-state index is 13.0. The summed E-state index contributed by atoms with van der Waals surface area (Å²) in [6.45, 7) is 4.90. The van der Waals surface area contributed by atoms with Crippen LogP contribution in [0.4, 0.5) is 0 Å². The van der Waals surface area contributed by atoms with Crippen LogP contribution in [-0.4, -0.2) is 53.4 Å². The summed E-state index contributed by atoms with van der Waals surface area (Å²) in [5, 5.41) is 0. The van der Waals surface area contributed by atoms with Crippen molar-refractivity contribution >= 4 is 20.6 Å². The Morgan fingerprint density at radius 3 is 1.16 bits per heavy atom. The van der Waals surface area contributed by atoms with Crippen molar-refractivity contribution in [2.75, 3.05) is 27.9 Å². The maximum Gasteiger partial charge on any atom is 0.500 e. The van der Waals surface area contributed by atoms with E-state index in [0.29, 0.717) is 31.9 Å². The van der Waals surface area contributed by atoms with Gasteiger partial charge in [0.15, 0.2) is 0 Å². The lowest BCUT2D eigenvalue weighted by molar-refractivity contribution is -0.145. The minimum absolute atomic E-state index is 0.0246. The predicted octanol–water partition coefficient (Wildman–Crippen LogP) is 8.45. The second kappa shape index (κ2) is 25.5. The van der Waals surface area contributed by atoms with Crippen LogP contribution in [0.15, 0.2) is 0 Å². The topological polar surface area (TPSA) is 65.1 Å². The molecule has 0 aliphatic rings. The molecule has 7 heteroatoms. The van der Waals surface area contributed by atoms with Gasteiger partial charge in [-0.25, -0.2) is 0 Å². The highest BCUT2D eigenvalue weighted by Crippen LogP contribution is 2.18. The number of nitrogens with zero attached hydrogens (tertiary/aromatic N) is 1. The van der Waals surface area contributed by atoms with Gasteiger partial charge in [0.1, 0.15) is 0 Å². The monoisotopic (exact) mass is 543 g/mol. The Hall–Kier alpha value is -0.763. The fraction of sp³-hybridized carbons (Fsp3) is 0.933. The molecule has 0 aliphatic heterocycles. The molecule has 0 rings (SSSR count). The summed E-state index contributed by atoms with van der Waals surface area (Å²) >= 11 is 0. The SMILES string of the molecule is CCCCCCCCCCCC(=O)N(CCC[Si](OC)(OC)OC)C(=O)CCCCCCCCCCC. The fourth-order valence-corrected chi connectivity index (χ4v) is 6.55. The molecule has 0 saturated carbocycles. The van der Waals surface area contributed by atoms with Gasteiger partial charge in [-0.2, -0.15) is 0 Å². The van der Waals surface area contributed by atoms with Crippen molar-refractivity contribution in [2.45, 2.75) is 155 Å². The highest BCUT2D eigenvalue weighted by atomic mass is 28.4. The Morgan fingerprint density at radius 2 is 0.838 bits per heavy atom. The van der Waals surface area contributed by atoms with Gasteiger partial charge >= 0.3 is 8.80 Å². The molecule has 0 bridgehead atoms. The summed E-state index contributed by atoms with van der Waals surface area (Å²) in [7, 11) is 2.09. The summed E-state index contributed by atoms with van der Waals surface area (Å²) in [4.78, 5) is 27.6. The van der Waals surface area contributed by atoms with Crippen molar-refractivity contribution in [2.24, 2.45) is 0 Å². The van der Waals surface area contributed by atoms with Crippen LogP contribution in [0.1, 0.15) is 149 Å². The zero-order valence-corrected chi connectivity index (χ0v) is 26.3. The normalized spacial score (nSPS) is 11.7. The maximum atomic E-state index is 13.0. The Kier molecular flexibility index (Phi) is 25.0. The molecule has 0 fully saturated rings. The molecule has 0 heterocycles.